The smallest absolute Gasteiger partial charge is 0.275 e. The molecule has 0 fully saturated rings. The molecule has 4 rings (SSSR count). The van der Waals surface area contributed by atoms with E-state index in [9.17, 15) is 23.9 Å². The van der Waals surface area contributed by atoms with Crippen molar-refractivity contribution in [3.63, 3.8) is 0 Å². The molecule has 1 aromatic carbocycles. The molecule has 0 aliphatic carbocycles. The Balaban J connectivity index is 1.75. The summed E-state index contributed by atoms with van der Waals surface area (Å²) in [6.45, 7) is 3.39. The second kappa shape index (κ2) is 8.23. The first-order valence-corrected chi connectivity index (χ1v) is 10.1. The summed E-state index contributed by atoms with van der Waals surface area (Å²) < 4.78 is 29.5. The number of aromatic nitrogens is 1. The van der Waals surface area contributed by atoms with Crippen LogP contribution in [0.25, 0.3) is 0 Å². The van der Waals surface area contributed by atoms with E-state index in [2.05, 4.69) is 5.32 Å². The molecule has 0 saturated carbocycles. The van der Waals surface area contributed by atoms with E-state index in [0.717, 1.165) is 11.8 Å². The third kappa shape index (κ3) is 3.58. The van der Waals surface area contributed by atoms with Gasteiger partial charge in [0, 0.05) is 38.0 Å². The van der Waals surface area contributed by atoms with Crippen molar-refractivity contribution in [3.8, 4) is 5.75 Å². The zero-order valence-electron chi connectivity index (χ0n) is 18.9. The first-order valence-electron chi connectivity index (χ1n) is 10.6. The lowest BCUT2D eigenvalue weighted by Gasteiger charge is -2.38. The van der Waals surface area contributed by atoms with Gasteiger partial charge in [0.1, 0.15) is 11.4 Å². The van der Waals surface area contributed by atoms with Gasteiger partial charge in [0.05, 0.1) is 13.5 Å². The van der Waals surface area contributed by atoms with E-state index in [1.807, 2.05) is 0 Å². The normalized spacial score (nSPS) is 24.6. The molecule has 0 unspecified atom stereocenters. The van der Waals surface area contributed by atoms with Crippen molar-refractivity contribution < 1.29 is 25.2 Å². The first-order chi connectivity index (χ1) is 15.6. The summed E-state index contributed by atoms with van der Waals surface area (Å²) in [4.78, 5) is 40.1. The van der Waals surface area contributed by atoms with E-state index in [-0.39, 0.29) is 24.3 Å². The van der Waals surface area contributed by atoms with Crippen LogP contribution in [0.15, 0.2) is 41.3 Å². The Bertz CT molecular complexity index is 1240. The number of hydrogen-bond acceptors (Lipinski definition) is 5. The van der Waals surface area contributed by atoms with Gasteiger partial charge in [-0.2, -0.15) is 0 Å². The van der Waals surface area contributed by atoms with Crippen molar-refractivity contribution in [1.29, 1.82) is 0 Å². The van der Waals surface area contributed by atoms with E-state index >= 15 is 0 Å². The van der Waals surface area contributed by atoms with Crippen molar-refractivity contribution in [1.82, 2.24) is 14.8 Å². The molecule has 2 aromatic rings. The fraction of sp³-hybridized carbons (Fsp3) is 0.348. The lowest BCUT2D eigenvalue weighted by atomic mass is 10.0. The highest BCUT2D eigenvalue weighted by atomic mass is 19.1. The highest BCUT2D eigenvalue weighted by Gasteiger charge is 2.41. The number of aromatic hydroxyl groups is 1. The monoisotopic (exact) mass is 442 g/mol. The number of methoxy groups -OCH3 is 1. The first kappa shape index (κ1) is 20.4. The van der Waals surface area contributed by atoms with E-state index in [1.54, 1.807) is 26.0 Å². The lowest BCUT2D eigenvalue weighted by Crippen LogP contribution is -2.49. The summed E-state index contributed by atoms with van der Waals surface area (Å²) in [5.74, 6) is -2.81. The summed E-state index contributed by atoms with van der Waals surface area (Å²) in [5, 5.41) is 13.1. The third-order valence-electron chi connectivity index (χ3n) is 5.87. The molecule has 2 N–H and O–H groups in total. The molecular weight excluding hydrogens is 417 g/mol. The standard InChI is InChI=1S/C23H24FN3O5/c1-12-4-6-14(16(24)8-12)9-25-22(30)15-10-27-17-11-26(13(2)5-7-18(17)32-3)23(31)19(27)21(29)20(15)28/h4-8,10,13,17-18,29H,9,11H2,1-3H3,(H,25,30)/t13-,17+,18-/m0/s1/i18D. The molecule has 2 amide bonds. The number of halogens is 1. The molecule has 0 spiro atoms. The number of amides is 2. The molecule has 32 heavy (non-hydrogen) atoms. The van der Waals surface area contributed by atoms with Crippen LogP contribution in [0.5, 0.6) is 5.75 Å². The Morgan fingerprint density at radius 1 is 1.38 bits per heavy atom. The van der Waals surface area contributed by atoms with Gasteiger partial charge < -0.3 is 24.6 Å². The number of nitrogens with one attached hydrogen (secondary N) is 1. The van der Waals surface area contributed by atoms with Crippen molar-refractivity contribution in [3.05, 3.63) is 75.0 Å². The Morgan fingerprint density at radius 2 is 2.12 bits per heavy atom. The average molecular weight is 442 g/mol. The van der Waals surface area contributed by atoms with Gasteiger partial charge in [0.2, 0.25) is 5.43 Å². The van der Waals surface area contributed by atoms with Crippen LogP contribution >= 0.6 is 0 Å². The van der Waals surface area contributed by atoms with Gasteiger partial charge >= 0.3 is 0 Å². The van der Waals surface area contributed by atoms with Crippen LogP contribution in [0, 0.1) is 12.7 Å². The zero-order valence-corrected chi connectivity index (χ0v) is 17.9. The van der Waals surface area contributed by atoms with E-state index in [1.165, 1.54) is 34.8 Å². The van der Waals surface area contributed by atoms with Crippen molar-refractivity contribution in [2.24, 2.45) is 0 Å². The number of aryl methyl sites for hydroxylation is 1. The second-order valence-electron chi connectivity index (χ2n) is 7.93. The lowest BCUT2D eigenvalue weighted by molar-refractivity contribution is 0.0435. The maximum absolute atomic E-state index is 14.1. The van der Waals surface area contributed by atoms with Crippen LogP contribution in [0.3, 0.4) is 0 Å². The van der Waals surface area contributed by atoms with Gasteiger partial charge in [-0.25, -0.2) is 4.39 Å². The maximum atomic E-state index is 14.1. The number of pyridine rings is 1. The number of carbonyl (C=O) groups excluding carboxylic acids is 2. The summed E-state index contributed by atoms with van der Waals surface area (Å²) in [6.07, 6.45) is 2.71. The molecule has 2 aliphatic rings. The Labute approximate surface area is 185 Å². The number of hydrogen-bond donors (Lipinski definition) is 2. The van der Waals surface area contributed by atoms with Crippen LogP contribution in [0.1, 0.15) is 46.3 Å². The minimum absolute atomic E-state index is 0.0787. The van der Waals surface area contributed by atoms with Crippen LogP contribution in [-0.2, 0) is 11.3 Å². The number of benzene rings is 1. The van der Waals surface area contributed by atoms with Gasteiger partial charge in [-0.15, -0.1) is 0 Å². The number of nitrogens with zero attached hydrogens (tertiary/aromatic N) is 2. The Kier molecular flexibility index (Phi) is 5.26. The molecule has 0 radical (unpaired) electrons. The van der Waals surface area contributed by atoms with Crippen LogP contribution < -0.4 is 10.7 Å². The fourth-order valence-electron chi connectivity index (χ4n) is 4.03. The molecule has 2 bridgehead atoms. The predicted octanol–water partition coefficient (Wildman–Crippen LogP) is 1.90. The van der Waals surface area contributed by atoms with Gasteiger partial charge in [0.25, 0.3) is 11.8 Å². The predicted molar refractivity (Wildman–Crippen MR) is 114 cm³/mol. The van der Waals surface area contributed by atoms with Gasteiger partial charge in [-0.3, -0.25) is 14.4 Å². The van der Waals surface area contributed by atoms with E-state index in [0.29, 0.717) is 0 Å². The van der Waals surface area contributed by atoms with E-state index in [4.69, 9.17) is 6.11 Å². The second-order valence-corrected chi connectivity index (χ2v) is 7.93. The van der Waals surface area contributed by atoms with Crippen LogP contribution in [-0.4, -0.2) is 52.2 Å². The minimum atomic E-state index is -1.61. The van der Waals surface area contributed by atoms with Crippen LogP contribution in [0.2, 0.25) is 0 Å². The Morgan fingerprint density at radius 3 is 2.81 bits per heavy atom. The van der Waals surface area contributed by atoms with E-state index < -0.39 is 52.5 Å². The highest BCUT2D eigenvalue weighted by Crippen LogP contribution is 2.33. The molecular formula is C23H24FN3O5. The molecule has 3 atom stereocenters. The summed E-state index contributed by atoms with van der Waals surface area (Å²) in [5.41, 5.74) is -0.797. The molecule has 3 heterocycles. The Hall–Kier alpha value is -3.46. The SMILES string of the molecule is [2H][C@]1(OC)C=C[C@H](C)N2C[C@H]1n1cc(C(=O)NCc3ccc(C)cc3F)c(=O)c(O)c1C2=O. The molecule has 8 nitrogen and oxygen atoms in total. The largest absolute Gasteiger partial charge is 0.503 e. The molecule has 168 valence electrons. The zero-order chi connectivity index (χ0) is 24.1. The van der Waals surface area contributed by atoms with Crippen LogP contribution in [0.4, 0.5) is 4.39 Å². The third-order valence-corrected chi connectivity index (χ3v) is 5.87. The van der Waals surface area contributed by atoms with Crippen molar-refractivity contribution in [2.75, 3.05) is 13.7 Å². The highest BCUT2D eigenvalue weighted by molar-refractivity contribution is 5.99. The topological polar surface area (TPSA) is 101 Å². The van der Waals surface area contributed by atoms with Gasteiger partial charge in [0.15, 0.2) is 11.4 Å². The van der Waals surface area contributed by atoms with Crippen molar-refractivity contribution >= 4 is 11.8 Å². The summed E-state index contributed by atoms with van der Waals surface area (Å²) >= 11 is 0. The molecule has 0 saturated heterocycles. The van der Waals surface area contributed by atoms with Crippen molar-refractivity contribution in [2.45, 2.75) is 38.6 Å². The summed E-state index contributed by atoms with van der Waals surface area (Å²) in [6, 6.07) is 3.33. The molecule has 1 aromatic heterocycles. The molecule has 9 heteroatoms. The number of ether oxygens (including phenoxy) is 1. The average Bonchev–Trinajstić information content (AvgIpc) is 2.89. The number of carbonyl (C=O) groups is 2. The fourth-order valence-corrected chi connectivity index (χ4v) is 4.03. The number of fused-ring (bicyclic) bond motifs is 4. The maximum Gasteiger partial charge on any atom is 0.275 e. The summed E-state index contributed by atoms with van der Waals surface area (Å²) in [7, 11) is 1.35. The van der Waals surface area contributed by atoms with Gasteiger partial charge in [-0.1, -0.05) is 24.3 Å². The van der Waals surface area contributed by atoms with Gasteiger partial charge in [-0.05, 0) is 25.5 Å². The molecule has 2 aliphatic heterocycles. The minimum Gasteiger partial charge on any atom is -0.503 e. The number of rotatable bonds is 4. The quantitative estimate of drug-likeness (QED) is 0.705.